The van der Waals surface area contributed by atoms with Gasteiger partial charge in [0.05, 0.1) is 19.6 Å². The second-order valence-electron chi connectivity index (χ2n) is 5.80. The zero-order valence-corrected chi connectivity index (χ0v) is 13.6. The average Bonchev–Trinajstić information content (AvgIpc) is 2.96. The first-order valence-electron chi connectivity index (χ1n) is 7.94. The van der Waals surface area contributed by atoms with Gasteiger partial charge in [-0.1, -0.05) is 36.4 Å². The van der Waals surface area contributed by atoms with Crippen LogP contribution in [0.1, 0.15) is 12.0 Å². The molecule has 5 heteroatoms. The topological polar surface area (TPSA) is 58.6 Å². The standard InChI is InChI=1S/C19H20N2O3/c1-24-17-10-6-5-7-14(17)11-18(22)20-15-12-19(23)21(13-15)16-8-3-2-4-9-16/h2-10,15H,11-13H2,1H3,(H,20,22). The fourth-order valence-corrected chi connectivity index (χ4v) is 2.96. The maximum Gasteiger partial charge on any atom is 0.229 e. The molecule has 1 atom stereocenters. The van der Waals surface area contributed by atoms with Crippen LogP contribution in [0.25, 0.3) is 0 Å². The van der Waals surface area contributed by atoms with Gasteiger partial charge in [0.2, 0.25) is 11.8 Å². The highest BCUT2D eigenvalue weighted by atomic mass is 16.5. The molecule has 0 spiro atoms. The minimum absolute atomic E-state index is 0.0313. The van der Waals surface area contributed by atoms with Gasteiger partial charge < -0.3 is 15.0 Å². The van der Waals surface area contributed by atoms with Gasteiger partial charge in [0, 0.05) is 24.2 Å². The van der Waals surface area contributed by atoms with Crippen LogP contribution in [-0.2, 0) is 16.0 Å². The van der Waals surface area contributed by atoms with E-state index in [1.165, 1.54) is 0 Å². The quantitative estimate of drug-likeness (QED) is 0.917. The number of hydrogen-bond acceptors (Lipinski definition) is 3. The summed E-state index contributed by atoms with van der Waals surface area (Å²) < 4.78 is 5.27. The molecule has 1 saturated heterocycles. The zero-order chi connectivity index (χ0) is 16.9. The van der Waals surface area contributed by atoms with E-state index in [2.05, 4.69) is 5.32 Å². The number of carbonyl (C=O) groups excluding carboxylic acids is 2. The van der Waals surface area contributed by atoms with Gasteiger partial charge in [-0.25, -0.2) is 0 Å². The van der Waals surface area contributed by atoms with Crippen LogP contribution < -0.4 is 15.0 Å². The first kappa shape index (κ1) is 16.1. The number of ether oxygens (including phenoxy) is 1. The van der Waals surface area contributed by atoms with Gasteiger partial charge in [-0.3, -0.25) is 9.59 Å². The third-order valence-electron chi connectivity index (χ3n) is 4.10. The molecule has 2 aromatic carbocycles. The van der Waals surface area contributed by atoms with Crippen molar-refractivity contribution in [3.05, 3.63) is 60.2 Å². The van der Waals surface area contributed by atoms with E-state index in [4.69, 9.17) is 4.74 Å². The minimum atomic E-state index is -0.167. The van der Waals surface area contributed by atoms with Crippen LogP contribution in [0.2, 0.25) is 0 Å². The van der Waals surface area contributed by atoms with E-state index in [9.17, 15) is 9.59 Å². The molecule has 1 heterocycles. The Morgan fingerprint density at radius 3 is 2.62 bits per heavy atom. The summed E-state index contributed by atoms with van der Waals surface area (Å²) in [6.07, 6.45) is 0.562. The van der Waals surface area contributed by atoms with Crippen molar-refractivity contribution in [2.24, 2.45) is 0 Å². The molecule has 2 aromatic rings. The fraction of sp³-hybridized carbons (Fsp3) is 0.263. The molecule has 0 bridgehead atoms. The molecule has 2 amide bonds. The average molecular weight is 324 g/mol. The monoisotopic (exact) mass is 324 g/mol. The summed E-state index contributed by atoms with van der Waals surface area (Å²) in [4.78, 5) is 26.2. The molecule has 1 N–H and O–H groups in total. The second-order valence-corrected chi connectivity index (χ2v) is 5.80. The van der Waals surface area contributed by atoms with Crippen molar-refractivity contribution in [3.63, 3.8) is 0 Å². The number of rotatable bonds is 5. The van der Waals surface area contributed by atoms with Gasteiger partial charge in [0.15, 0.2) is 0 Å². The second kappa shape index (κ2) is 7.17. The third kappa shape index (κ3) is 3.56. The third-order valence-corrected chi connectivity index (χ3v) is 4.10. The van der Waals surface area contributed by atoms with E-state index in [-0.39, 0.29) is 24.3 Å². The van der Waals surface area contributed by atoms with E-state index in [0.29, 0.717) is 18.7 Å². The molecule has 1 aliphatic heterocycles. The number of hydrogen-bond donors (Lipinski definition) is 1. The first-order chi connectivity index (χ1) is 11.7. The predicted molar refractivity (Wildman–Crippen MR) is 92.0 cm³/mol. The number of para-hydroxylation sites is 2. The van der Waals surface area contributed by atoms with Crippen LogP contribution in [0.3, 0.4) is 0 Å². The van der Waals surface area contributed by atoms with Crippen LogP contribution in [0.15, 0.2) is 54.6 Å². The van der Waals surface area contributed by atoms with Crippen LogP contribution in [-0.4, -0.2) is 31.5 Å². The lowest BCUT2D eigenvalue weighted by atomic mass is 10.1. The van der Waals surface area contributed by atoms with Gasteiger partial charge in [0.1, 0.15) is 5.75 Å². The van der Waals surface area contributed by atoms with Crippen molar-refractivity contribution in [1.29, 1.82) is 0 Å². The van der Waals surface area contributed by atoms with Crippen LogP contribution in [0.5, 0.6) is 5.75 Å². The van der Waals surface area contributed by atoms with E-state index in [0.717, 1.165) is 11.3 Å². The normalized spacial score (nSPS) is 17.0. The maximum atomic E-state index is 12.3. The Hall–Kier alpha value is -2.82. The number of nitrogens with zero attached hydrogens (tertiary/aromatic N) is 1. The van der Waals surface area contributed by atoms with Crippen molar-refractivity contribution in [2.45, 2.75) is 18.9 Å². The number of carbonyl (C=O) groups is 2. The Bertz CT molecular complexity index is 730. The van der Waals surface area contributed by atoms with Gasteiger partial charge in [-0.15, -0.1) is 0 Å². The number of anilines is 1. The molecule has 1 aliphatic rings. The molecule has 124 valence electrons. The number of nitrogens with one attached hydrogen (secondary N) is 1. The Morgan fingerprint density at radius 2 is 1.88 bits per heavy atom. The summed E-state index contributed by atoms with van der Waals surface area (Å²) in [5, 5.41) is 2.95. The summed E-state index contributed by atoms with van der Waals surface area (Å²) in [7, 11) is 1.59. The number of amides is 2. The SMILES string of the molecule is COc1ccccc1CC(=O)NC1CC(=O)N(c2ccccc2)C1. The van der Waals surface area contributed by atoms with Crippen molar-refractivity contribution in [2.75, 3.05) is 18.6 Å². The van der Waals surface area contributed by atoms with E-state index in [1.54, 1.807) is 12.0 Å². The molecule has 3 rings (SSSR count). The molecule has 0 aliphatic carbocycles. The first-order valence-corrected chi connectivity index (χ1v) is 7.94. The van der Waals surface area contributed by atoms with Gasteiger partial charge >= 0.3 is 0 Å². The maximum absolute atomic E-state index is 12.3. The lowest BCUT2D eigenvalue weighted by Gasteiger charge is -2.17. The highest BCUT2D eigenvalue weighted by Crippen LogP contribution is 2.22. The smallest absolute Gasteiger partial charge is 0.229 e. The highest BCUT2D eigenvalue weighted by molar-refractivity contribution is 5.96. The number of methoxy groups -OCH3 is 1. The lowest BCUT2D eigenvalue weighted by molar-refractivity contribution is -0.121. The Labute approximate surface area is 141 Å². The van der Waals surface area contributed by atoms with E-state index >= 15 is 0 Å². The van der Waals surface area contributed by atoms with E-state index < -0.39 is 0 Å². The molecule has 1 unspecified atom stereocenters. The predicted octanol–water partition coefficient (Wildman–Crippen LogP) is 2.16. The Kier molecular flexibility index (Phi) is 4.79. The van der Waals surface area contributed by atoms with Crippen molar-refractivity contribution < 1.29 is 14.3 Å². The summed E-state index contributed by atoms with van der Waals surface area (Å²) >= 11 is 0. The van der Waals surface area contributed by atoms with Crippen molar-refractivity contribution in [1.82, 2.24) is 5.32 Å². The van der Waals surface area contributed by atoms with Crippen molar-refractivity contribution in [3.8, 4) is 5.75 Å². The number of benzene rings is 2. The summed E-state index contributed by atoms with van der Waals surface area (Å²) in [6, 6.07) is 16.8. The summed E-state index contributed by atoms with van der Waals surface area (Å²) in [5.74, 6) is 0.622. The molecule has 0 radical (unpaired) electrons. The molecular weight excluding hydrogens is 304 g/mol. The summed E-state index contributed by atoms with van der Waals surface area (Å²) in [6.45, 7) is 0.501. The van der Waals surface area contributed by atoms with Gasteiger partial charge in [-0.05, 0) is 18.2 Å². The van der Waals surface area contributed by atoms with Gasteiger partial charge in [0.25, 0.3) is 0 Å². The van der Waals surface area contributed by atoms with E-state index in [1.807, 2.05) is 54.6 Å². The Balaban J connectivity index is 1.61. The zero-order valence-electron chi connectivity index (χ0n) is 13.6. The minimum Gasteiger partial charge on any atom is -0.496 e. The van der Waals surface area contributed by atoms with Crippen molar-refractivity contribution >= 4 is 17.5 Å². The highest BCUT2D eigenvalue weighted by Gasteiger charge is 2.31. The van der Waals surface area contributed by atoms with Crippen LogP contribution >= 0.6 is 0 Å². The molecular formula is C19H20N2O3. The van der Waals surface area contributed by atoms with Crippen LogP contribution in [0.4, 0.5) is 5.69 Å². The lowest BCUT2D eigenvalue weighted by Crippen LogP contribution is -2.38. The Morgan fingerprint density at radius 1 is 1.17 bits per heavy atom. The largest absolute Gasteiger partial charge is 0.496 e. The van der Waals surface area contributed by atoms with Gasteiger partial charge in [-0.2, -0.15) is 0 Å². The summed E-state index contributed by atoms with van der Waals surface area (Å²) in [5.41, 5.74) is 1.70. The van der Waals surface area contributed by atoms with Crippen LogP contribution in [0, 0.1) is 0 Å². The molecule has 5 nitrogen and oxygen atoms in total. The molecule has 1 fully saturated rings. The molecule has 0 saturated carbocycles. The fourth-order valence-electron chi connectivity index (χ4n) is 2.96. The molecule has 24 heavy (non-hydrogen) atoms. The molecule has 0 aromatic heterocycles.